The predicted molar refractivity (Wildman–Crippen MR) is 65.3 cm³/mol. The second-order valence-electron chi connectivity index (χ2n) is 4.02. The molecule has 18 heavy (non-hydrogen) atoms. The third kappa shape index (κ3) is 3.12. The van der Waals surface area contributed by atoms with Crippen molar-refractivity contribution in [3.05, 3.63) is 5.01 Å². The third-order valence-corrected chi connectivity index (χ3v) is 4.18. The van der Waals surface area contributed by atoms with Crippen LogP contribution in [-0.2, 0) is 10.9 Å². The van der Waals surface area contributed by atoms with Crippen molar-refractivity contribution in [2.24, 2.45) is 0 Å². The standard InChI is InChI=1S/C9H11BrF3N3OS/c1-5-3-16(4-6(2-10)17-5)8-15-14-7(18-8)9(11,12)13/h5-6H,2-4H2,1H3. The van der Waals surface area contributed by atoms with E-state index < -0.39 is 11.2 Å². The van der Waals surface area contributed by atoms with Crippen LogP contribution in [0.1, 0.15) is 11.9 Å². The van der Waals surface area contributed by atoms with Crippen LogP contribution < -0.4 is 4.90 Å². The maximum absolute atomic E-state index is 12.4. The van der Waals surface area contributed by atoms with Crippen molar-refractivity contribution in [3.63, 3.8) is 0 Å². The third-order valence-electron chi connectivity index (χ3n) is 2.43. The molecular weight excluding hydrogens is 335 g/mol. The van der Waals surface area contributed by atoms with E-state index in [9.17, 15) is 13.2 Å². The molecule has 0 saturated carbocycles. The number of hydrogen-bond donors (Lipinski definition) is 0. The molecular formula is C9H11BrF3N3OS. The first-order chi connectivity index (χ1) is 8.40. The van der Waals surface area contributed by atoms with Gasteiger partial charge in [-0.3, -0.25) is 0 Å². The number of halogens is 4. The SMILES string of the molecule is CC1CN(c2nnc(C(F)(F)F)s2)CC(CBr)O1. The van der Waals surface area contributed by atoms with Crippen molar-refractivity contribution in [2.75, 3.05) is 23.3 Å². The average molecular weight is 346 g/mol. The van der Waals surface area contributed by atoms with Gasteiger partial charge in [0.15, 0.2) is 0 Å². The Morgan fingerprint density at radius 1 is 1.44 bits per heavy atom. The van der Waals surface area contributed by atoms with Crippen molar-refractivity contribution >= 4 is 32.4 Å². The van der Waals surface area contributed by atoms with Gasteiger partial charge in [0.05, 0.1) is 12.2 Å². The second kappa shape index (κ2) is 5.30. The van der Waals surface area contributed by atoms with Crippen LogP contribution in [0.15, 0.2) is 0 Å². The molecule has 1 saturated heterocycles. The Hall–Kier alpha value is -0.410. The Morgan fingerprint density at radius 2 is 2.17 bits per heavy atom. The smallest absolute Gasteiger partial charge is 0.371 e. The minimum Gasteiger partial charge on any atom is -0.371 e. The molecule has 1 aliphatic rings. The van der Waals surface area contributed by atoms with Crippen LogP contribution in [-0.4, -0.2) is 40.8 Å². The van der Waals surface area contributed by atoms with Crippen LogP contribution in [0.25, 0.3) is 0 Å². The highest BCUT2D eigenvalue weighted by Crippen LogP contribution is 2.35. The van der Waals surface area contributed by atoms with Crippen LogP contribution in [0.5, 0.6) is 0 Å². The first-order valence-corrected chi connectivity index (χ1v) is 7.21. The molecule has 0 aromatic carbocycles. The molecule has 0 aliphatic carbocycles. The monoisotopic (exact) mass is 345 g/mol. The van der Waals surface area contributed by atoms with Crippen LogP contribution in [0.2, 0.25) is 0 Å². The van der Waals surface area contributed by atoms with Gasteiger partial charge in [-0.1, -0.05) is 27.3 Å². The van der Waals surface area contributed by atoms with E-state index in [2.05, 4.69) is 26.1 Å². The fourth-order valence-corrected chi connectivity index (χ4v) is 2.83. The van der Waals surface area contributed by atoms with Gasteiger partial charge < -0.3 is 9.64 Å². The molecule has 4 nitrogen and oxygen atoms in total. The zero-order valence-corrected chi connectivity index (χ0v) is 11.8. The summed E-state index contributed by atoms with van der Waals surface area (Å²) in [7, 11) is 0. The number of morpholine rings is 1. The van der Waals surface area contributed by atoms with E-state index in [1.54, 1.807) is 4.90 Å². The second-order valence-corrected chi connectivity index (χ2v) is 5.62. The fourth-order valence-electron chi connectivity index (χ4n) is 1.74. The van der Waals surface area contributed by atoms with Gasteiger partial charge in [-0.2, -0.15) is 13.2 Å². The molecule has 9 heteroatoms. The van der Waals surface area contributed by atoms with Gasteiger partial charge in [0.1, 0.15) is 0 Å². The van der Waals surface area contributed by atoms with E-state index >= 15 is 0 Å². The molecule has 1 aromatic rings. The van der Waals surface area contributed by atoms with Crippen LogP contribution in [0.4, 0.5) is 18.3 Å². The van der Waals surface area contributed by atoms with Gasteiger partial charge in [0.25, 0.3) is 0 Å². The van der Waals surface area contributed by atoms with Gasteiger partial charge in [0, 0.05) is 18.4 Å². The normalized spacial score (nSPS) is 25.5. The Kier molecular flexibility index (Phi) is 4.12. The average Bonchev–Trinajstić information content (AvgIpc) is 2.77. The Labute approximate surface area is 114 Å². The summed E-state index contributed by atoms with van der Waals surface area (Å²) in [5.74, 6) is 0. The lowest BCUT2D eigenvalue weighted by molar-refractivity contribution is -0.138. The lowest BCUT2D eigenvalue weighted by atomic mass is 10.2. The molecule has 1 aliphatic heterocycles. The summed E-state index contributed by atoms with van der Waals surface area (Å²) < 4.78 is 42.9. The summed E-state index contributed by atoms with van der Waals surface area (Å²) in [5, 5.41) is 6.82. The van der Waals surface area contributed by atoms with E-state index in [0.717, 1.165) is 0 Å². The zero-order valence-electron chi connectivity index (χ0n) is 9.45. The molecule has 1 fully saturated rings. The summed E-state index contributed by atoms with van der Waals surface area (Å²) in [6.45, 7) is 2.92. The zero-order chi connectivity index (χ0) is 13.3. The minimum absolute atomic E-state index is 0.0421. The molecule has 1 aromatic heterocycles. The van der Waals surface area contributed by atoms with Crippen LogP contribution >= 0.6 is 27.3 Å². The summed E-state index contributed by atoms with van der Waals surface area (Å²) >= 11 is 3.88. The summed E-state index contributed by atoms with van der Waals surface area (Å²) in [5.41, 5.74) is 0. The van der Waals surface area contributed by atoms with Crippen molar-refractivity contribution < 1.29 is 17.9 Å². The maximum Gasteiger partial charge on any atom is 0.445 e. The highest BCUT2D eigenvalue weighted by molar-refractivity contribution is 9.09. The van der Waals surface area contributed by atoms with Crippen LogP contribution in [0.3, 0.4) is 0 Å². The summed E-state index contributed by atoms with van der Waals surface area (Å²) in [6, 6.07) is 0. The van der Waals surface area contributed by atoms with Gasteiger partial charge in [-0.15, -0.1) is 10.2 Å². The first kappa shape index (κ1) is 14.0. The van der Waals surface area contributed by atoms with Crippen molar-refractivity contribution in [2.45, 2.75) is 25.3 Å². The molecule has 0 bridgehead atoms. The van der Waals surface area contributed by atoms with E-state index in [1.807, 2.05) is 6.92 Å². The molecule has 2 unspecified atom stereocenters. The molecule has 2 rings (SSSR count). The van der Waals surface area contributed by atoms with E-state index in [4.69, 9.17) is 4.74 Å². The number of nitrogens with zero attached hydrogens (tertiary/aromatic N) is 3. The van der Waals surface area contributed by atoms with Crippen molar-refractivity contribution in [1.29, 1.82) is 0 Å². The van der Waals surface area contributed by atoms with Crippen molar-refractivity contribution in [1.82, 2.24) is 10.2 Å². The number of anilines is 1. The van der Waals surface area contributed by atoms with E-state index in [-0.39, 0.29) is 12.2 Å². The highest BCUT2D eigenvalue weighted by Gasteiger charge is 2.37. The highest BCUT2D eigenvalue weighted by atomic mass is 79.9. The molecule has 102 valence electrons. The number of ether oxygens (including phenoxy) is 1. The Morgan fingerprint density at radius 3 is 2.72 bits per heavy atom. The van der Waals surface area contributed by atoms with Gasteiger partial charge in [-0.25, -0.2) is 0 Å². The number of aromatic nitrogens is 2. The van der Waals surface area contributed by atoms with Gasteiger partial charge in [0.2, 0.25) is 10.1 Å². The molecule has 2 atom stereocenters. The van der Waals surface area contributed by atoms with Gasteiger partial charge in [-0.05, 0) is 6.92 Å². The maximum atomic E-state index is 12.4. The Balaban J connectivity index is 2.13. The van der Waals surface area contributed by atoms with E-state index in [1.165, 1.54) is 0 Å². The van der Waals surface area contributed by atoms with Crippen LogP contribution in [0, 0.1) is 0 Å². The lowest BCUT2D eigenvalue weighted by Gasteiger charge is -2.35. The van der Waals surface area contributed by atoms with Gasteiger partial charge >= 0.3 is 6.18 Å². The minimum atomic E-state index is -4.43. The fraction of sp³-hybridized carbons (Fsp3) is 0.778. The van der Waals surface area contributed by atoms with E-state index in [0.29, 0.717) is 34.9 Å². The summed E-state index contributed by atoms with van der Waals surface area (Å²) in [4.78, 5) is 1.78. The quantitative estimate of drug-likeness (QED) is 0.772. The molecule has 0 N–H and O–H groups in total. The first-order valence-electron chi connectivity index (χ1n) is 5.27. The number of rotatable bonds is 2. The predicted octanol–water partition coefficient (Wildman–Crippen LogP) is 2.55. The number of hydrogen-bond acceptors (Lipinski definition) is 5. The Bertz CT molecular complexity index is 414. The van der Waals surface area contributed by atoms with Crippen molar-refractivity contribution in [3.8, 4) is 0 Å². The number of alkyl halides is 4. The lowest BCUT2D eigenvalue weighted by Crippen LogP contribution is -2.47. The topological polar surface area (TPSA) is 38.2 Å². The molecule has 0 amide bonds. The molecule has 0 spiro atoms. The molecule has 0 radical (unpaired) electrons. The molecule has 2 heterocycles. The summed E-state index contributed by atoms with van der Waals surface area (Å²) in [6.07, 6.45) is -4.52. The largest absolute Gasteiger partial charge is 0.445 e.